The molecule has 0 aliphatic rings. The molecule has 0 unspecified atom stereocenters. The van der Waals surface area contributed by atoms with Gasteiger partial charge in [-0.15, -0.1) is 0 Å². The Bertz CT molecular complexity index is 459. The van der Waals surface area contributed by atoms with Crippen LogP contribution in [0.3, 0.4) is 0 Å². The fraction of sp³-hybridized carbons (Fsp3) is 0.682. The first-order valence-electron chi connectivity index (χ1n) is 10.3. The van der Waals surface area contributed by atoms with E-state index in [9.17, 15) is 9.90 Å². The van der Waals surface area contributed by atoms with Gasteiger partial charge < -0.3 is 10.4 Å². The van der Waals surface area contributed by atoms with Crippen molar-refractivity contribution in [3.8, 4) is 5.75 Å². The zero-order valence-corrected chi connectivity index (χ0v) is 16.1. The Kier molecular flexibility index (Phi) is 12.7. The summed E-state index contributed by atoms with van der Waals surface area (Å²) in [6.45, 7) is 2.26. The number of aromatic hydroxyl groups is 1. The molecule has 0 saturated carbocycles. The molecule has 0 aliphatic carbocycles. The second-order valence-electron chi connectivity index (χ2n) is 7.06. The lowest BCUT2D eigenvalue weighted by atomic mass is 10.0. The van der Waals surface area contributed by atoms with Gasteiger partial charge in [0.1, 0.15) is 5.75 Å². The molecule has 1 amide bonds. The maximum absolute atomic E-state index is 11.8. The Morgan fingerprint density at radius 1 is 0.800 bits per heavy atom. The van der Waals surface area contributed by atoms with E-state index in [-0.39, 0.29) is 11.7 Å². The summed E-state index contributed by atoms with van der Waals surface area (Å²) in [7, 11) is 0. The molecular weight excluding hydrogens is 310 g/mol. The average Bonchev–Trinajstić information content (AvgIpc) is 2.61. The molecule has 3 heteroatoms. The molecule has 0 aromatic heterocycles. The van der Waals surface area contributed by atoms with Crippen LogP contribution in [0.2, 0.25) is 0 Å². The summed E-state index contributed by atoms with van der Waals surface area (Å²) in [5, 5.41) is 12.4. The Morgan fingerprint density at radius 2 is 1.28 bits per heavy atom. The first kappa shape index (κ1) is 21.5. The van der Waals surface area contributed by atoms with Crippen LogP contribution in [0.15, 0.2) is 24.3 Å². The van der Waals surface area contributed by atoms with Crippen molar-refractivity contribution in [3.05, 3.63) is 24.3 Å². The zero-order valence-electron chi connectivity index (χ0n) is 16.1. The third-order valence-electron chi connectivity index (χ3n) is 4.69. The van der Waals surface area contributed by atoms with Crippen molar-refractivity contribution in [2.75, 3.05) is 5.32 Å². The van der Waals surface area contributed by atoms with Crippen LogP contribution in [0.5, 0.6) is 5.75 Å². The quantitative estimate of drug-likeness (QED) is 0.270. The number of phenols is 1. The molecule has 25 heavy (non-hydrogen) atoms. The topological polar surface area (TPSA) is 49.3 Å². The van der Waals surface area contributed by atoms with Crippen LogP contribution in [0.1, 0.15) is 96.8 Å². The Morgan fingerprint density at radius 3 is 1.80 bits per heavy atom. The summed E-state index contributed by atoms with van der Waals surface area (Å²) < 4.78 is 0. The molecule has 3 nitrogen and oxygen atoms in total. The number of unbranched alkanes of at least 4 members (excludes halogenated alkanes) is 12. The van der Waals surface area contributed by atoms with E-state index < -0.39 is 0 Å². The number of amides is 1. The van der Waals surface area contributed by atoms with Gasteiger partial charge in [0.25, 0.3) is 0 Å². The predicted octanol–water partition coefficient (Wildman–Crippen LogP) is 6.81. The Labute approximate surface area is 154 Å². The molecule has 2 N–H and O–H groups in total. The van der Waals surface area contributed by atoms with Gasteiger partial charge in [0, 0.05) is 6.42 Å². The molecular formula is C22H37NO2. The van der Waals surface area contributed by atoms with Crippen LogP contribution in [0, 0.1) is 0 Å². The van der Waals surface area contributed by atoms with E-state index >= 15 is 0 Å². The molecule has 1 rings (SSSR count). The van der Waals surface area contributed by atoms with Crippen molar-refractivity contribution >= 4 is 11.6 Å². The molecule has 0 saturated heterocycles. The van der Waals surface area contributed by atoms with E-state index in [4.69, 9.17) is 0 Å². The molecule has 0 atom stereocenters. The van der Waals surface area contributed by atoms with Crippen LogP contribution < -0.4 is 5.32 Å². The number of nitrogens with one attached hydrogen (secondary N) is 1. The highest BCUT2D eigenvalue weighted by atomic mass is 16.3. The molecule has 1 aromatic rings. The van der Waals surface area contributed by atoms with Gasteiger partial charge in [-0.25, -0.2) is 0 Å². The van der Waals surface area contributed by atoms with Crippen LogP contribution in [0.25, 0.3) is 0 Å². The minimum absolute atomic E-state index is 0.00965. The molecule has 0 heterocycles. The summed E-state index contributed by atoms with van der Waals surface area (Å²) in [4.78, 5) is 11.8. The summed E-state index contributed by atoms with van der Waals surface area (Å²) in [6, 6.07) is 6.86. The fourth-order valence-corrected chi connectivity index (χ4v) is 3.10. The van der Waals surface area contributed by atoms with Gasteiger partial charge in [0.2, 0.25) is 5.91 Å². The number of phenolic OH excluding ortho intramolecular Hbond substituents is 1. The number of carbonyl (C=O) groups is 1. The summed E-state index contributed by atoms with van der Waals surface area (Å²) >= 11 is 0. The minimum Gasteiger partial charge on any atom is -0.506 e. The summed E-state index contributed by atoms with van der Waals surface area (Å²) in [6.07, 6.45) is 17.5. The number of benzene rings is 1. The molecule has 142 valence electrons. The Hall–Kier alpha value is -1.51. The van der Waals surface area contributed by atoms with Crippen LogP contribution in [0.4, 0.5) is 5.69 Å². The molecule has 0 bridgehead atoms. The minimum atomic E-state index is -0.00965. The highest BCUT2D eigenvalue weighted by Gasteiger charge is 2.05. The standard InChI is InChI=1S/C22H37NO2/c1-2-3-4-5-6-7-8-9-10-11-12-13-14-19-22(25)23-20-17-15-16-18-21(20)24/h15-18,24H,2-14,19H2,1H3,(H,23,25). The van der Waals surface area contributed by atoms with Crippen molar-refractivity contribution in [3.63, 3.8) is 0 Å². The highest BCUT2D eigenvalue weighted by Crippen LogP contribution is 2.21. The monoisotopic (exact) mass is 347 g/mol. The maximum Gasteiger partial charge on any atom is 0.224 e. The number of hydrogen-bond acceptors (Lipinski definition) is 2. The van der Waals surface area contributed by atoms with Gasteiger partial charge in [-0.1, -0.05) is 96.1 Å². The molecule has 0 spiro atoms. The van der Waals surface area contributed by atoms with Gasteiger partial charge in [0.15, 0.2) is 0 Å². The zero-order chi connectivity index (χ0) is 18.2. The summed E-state index contributed by atoms with van der Waals surface area (Å²) in [5.74, 6) is 0.116. The Balaban J connectivity index is 1.87. The molecule has 1 aromatic carbocycles. The van der Waals surface area contributed by atoms with Crippen molar-refractivity contribution in [1.29, 1.82) is 0 Å². The second kappa shape index (κ2) is 14.8. The van der Waals surface area contributed by atoms with Crippen molar-refractivity contribution in [2.24, 2.45) is 0 Å². The lowest BCUT2D eigenvalue weighted by Crippen LogP contribution is -2.11. The second-order valence-corrected chi connectivity index (χ2v) is 7.06. The van der Waals surface area contributed by atoms with Gasteiger partial charge in [-0.2, -0.15) is 0 Å². The number of para-hydroxylation sites is 2. The first-order valence-corrected chi connectivity index (χ1v) is 10.3. The molecule has 0 aliphatic heterocycles. The number of anilines is 1. The van der Waals surface area contributed by atoms with Crippen molar-refractivity contribution < 1.29 is 9.90 Å². The van der Waals surface area contributed by atoms with Crippen molar-refractivity contribution in [1.82, 2.24) is 0 Å². The first-order chi connectivity index (χ1) is 12.2. The van der Waals surface area contributed by atoms with E-state index in [0.29, 0.717) is 12.1 Å². The summed E-state index contributed by atoms with van der Waals surface area (Å²) in [5.41, 5.74) is 0.502. The van der Waals surface area contributed by atoms with Gasteiger partial charge in [-0.3, -0.25) is 4.79 Å². The largest absolute Gasteiger partial charge is 0.506 e. The van der Waals surface area contributed by atoms with E-state index in [1.165, 1.54) is 70.6 Å². The predicted molar refractivity (Wildman–Crippen MR) is 107 cm³/mol. The SMILES string of the molecule is CCCCCCCCCCCCCCCC(=O)Nc1ccccc1O. The molecule has 0 radical (unpaired) electrons. The number of rotatable bonds is 15. The number of hydrogen-bond donors (Lipinski definition) is 2. The third-order valence-corrected chi connectivity index (χ3v) is 4.69. The van der Waals surface area contributed by atoms with E-state index in [1.54, 1.807) is 24.3 Å². The maximum atomic E-state index is 11.8. The molecule has 0 fully saturated rings. The van der Waals surface area contributed by atoms with Crippen LogP contribution >= 0.6 is 0 Å². The lowest BCUT2D eigenvalue weighted by molar-refractivity contribution is -0.116. The smallest absolute Gasteiger partial charge is 0.224 e. The van der Waals surface area contributed by atoms with Gasteiger partial charge >= 0.3 is 0 Å². The van der Waals surface area contributed by atoms with E-state index in [2.05, 4.69) is 12.2 Å². The van der Waals surface area contributed by atoms with E-state index in [1.807, 2.05) is 0 Å². The normalized spacial score (nSPS) is 10.8. The van der Waals surface area contributed by atoms with Crippen molar-refractivity contribution in [2.45, 2.75) is 96.8 Å². The lowest BCUT2D eigenvalue weighted by Gasteiger charge is -2.07. The number of carbonyl (C=O) groups excluding carboxylic acids is 1. The van der Waals surface area contributed by atoms with Gasteiger partial charge in [-0.05, 0) is 18.6 Å². The average molecular weight is 348 g/mol. The van der Waals surface area contributed by atoms with Crippen LogP contribution in [-0.4, -0.2) is 11.0 Å². The third kappa shape index (κ3) is 11.6. The highest BCUT2D eigenvalue weighted by molar-refractivity contribution is 5.92. The fourth-order valence-electron chi connectivity index (χ4n) is 3.10. The van der Waals surface area contributed by atoms with E-state index in [0.717, 1.165) is 12.8 Å². The van der Waals surface area contributed by atoms with Gasteiger partial charge in [0.05, 0.1) is 5.69 Å². The van der Waals surface area contributed by atoms with Crippen LogP contribution in [-0.2, 0) is 4.79 Å².